The van der Waals surface area contributed by atoms with Gasteiger partial charge in [-0.3, -0.25) is 9.59 Å². The van der Waals surface area contributed by atoms with Gasteiger partial charge >= 0.3 is 0 Å². The minimum atomic E-state index is -0.278. The van der Waals surface area contributed by atoms with Crippen LogP contribution in [0, 0.1) is 12.7 Å². The molecule has 0 spiro atoms. The molecule has 7 heteroatoms. The maximum atomic E-state index is 13.5. The summed E-state index contributed by atoms with van der Waals surface area (Å²) in [6.07, 6.45) is 0. The largest absolute Gasteiger partial charge is 0.354 e. The van der Waals surface area contributed by atoms with Crippen LogP contribution < -0.4 is 10.9 Å². The molecule has 3 rings (SSSR count). The van der Waals surface area contributed by atoms with Crippen molar-refractivity contribution in [1.82, 2.24) is 15.1 Å². The van der Waals surface area contributed by atoms with Gasteiger partial charge in [-0.15, -0.1) is 0 Å². The van der Waals surface area contributed by atoms with E-state index in [4.69, 9.17) is 0 Å². The van der Waals surface area contributed by atoms with E-state index in [0.29, 0.717) is 34.7 Å². The Morgan fingerprint density at radius 3 is 2.63 bits per heavy atom. The van der Waals surface area contributed by atoms with E-state index >= 15 is 0 Å². The first-order valence-electron chi connectivity index (χ1n) is 8.60. The molecule has 1 aromatic heterocycles. The highest BCUT2D eigenvalue weighted by Crippen LogP contribution is 2.14. The van der Waals surface area contributed by atoms with Crippen molar-refractivity contribution in [3.63, 3.8) is 0 Å². The van der Waals surface area contributed by atoms with E-state index in [0.717, 1.165) is 5.39 Å². The van der Waals surface area contributed by atoms with Crippen molar-refractivity contribution < 1.29 is 9.18 Å². The number of fused-ring (bicyclic) bond motifs is 1. The average molecular weight is 385 g/mol. The van der Waals surface area contributed by atoms with E-state index in [1.54, 1.807) is 30.3 Å². The summed E-state index contributed by atoms with van der Waals surface area (Å²) in [6.45, 7) is 2.14. The van der Waals surface area contributed by atoms with E-state index < -0.39 is 0 Å². The van der Waals surface area contributed by atoms with Crippen molar-refractivity contribution in [3.05, 3.63) is 76.0 Å². The molecule has 0 unspecified atom stereocenters. The molecule has 0 aliphatic heterocycles. The number of rotatable bonds is 7. The fourth-order valence-electron chi connectivity index (χ4n) is 2.76. The van der Waals surface area contributed by atoms with E-state index in [9.17, 15) is 14.0 Å². The Bertz CT molecular complexity index is 1020. The SMILES string of the molecule is Cc1nn(CC(=O)NCCSCc2ccccc2F)c(=O)c2ccccc12. The molecule has 0 fully saturated rings. The molecule has 27 heavy (non-hydrogen) atoms. The van der Waals surface area contributed by atoms with Gasteiger partial charge in [0.05, 0.1) is 11.1 Å². The zero-order valence-electron chi connectivity index (χ0n) is 14.9. The second-order valence-electron chi connectivity index (χ2n) is 6.09. The van der Waals surface area contributed by atoms with Gasteiger partial charge in [0, 0.05) is 23.4 Å². The molecule has 0 aliphatic carbocycles. The van der Waals surface area contributed by atoms with Crippen molar-refractivity contribution in [2.24, 2.45) is 0 Å². The number of carbonyl (C=O) groups is 1. The van der Waals surface area contributed by atoms with Crippen LogP contribution in [0.2, 0.25) is 0 Å². The highest BCUT2D eigenvalue weighted by Gasteiger charge is 2.10. The lowest BCUT2D eigenvalue weighted by atomic mass is 10.1. The number of hydrogen-bond donors (Lipinski definition) is 1. The summed E-state index contributed by atoms with van der Waals surface area (Å²) in [7, 11) is 0. The van der Waals surface area contributed by atoms with Crippen LogP contribution in [0.1, 0.15) is 11.3 Å². The predicted molar refractivity (Wildman–Crippen MR) is 106 cm³/mol. The lowest BCUT2D eigenvalue weighted by Crippen LogP contribution is -2.35. The van der Waals surface area contributed by atoms with Gasteiger partial charge in [0.2, 0.25) is 5.91 Å². The first-order chi connectivity index (χ1) is 13.1. The van der Waals surface area contributed by atoms with Crippen LogP contribution >= 0.6 is 11.8 Å². The van der Waals surface area contributed by atoms with E-state index in [1.807, 2.05) is 19.1 Å². The third-order valence-corrected chi connectivity index (χ3v) is 5.14. The summed E-state index contributed by atoms with van der Waals surface area (Å²) in [5, 5.41) is 8.35. The lowest BCUT2D eigenvalue weighted by molar-refractivity contribution is -0.121. The number of nitrogens with zero attached hydrogens (tertiary/aromatic N) is 2. The standard InChI is InChI=1S/C20H20FN3O2S/c1-14-16-7-3-4-8-17(16)20(26)24(23-14)12-19(25)22-10-11-27-13-15-6-2-5-9-18(15)21/h2-9H,10-13H2,1H3,(H,22,25). The summed E-state index contributed by atoms with van der Waals surface area (Å²) in [5.74, 6) is 0.712. The molecule has 0 aliphatic rings. The van der Waals surface area contributed by atoms with E-state index in [1.165, 1.54) is 22.5 Å². The van der Waals surface area contributed by atoms with Crippen LogP contribution in [-0.2, 0) is 17.1 Å². The van der Waals surface area contributed by atoms with Crippen LogP contribution in [-0.4, -0.2) is 28.0 Å². The Labute approximate surface area is 160 Å². The monoisotopic (exact) mass is 385 g/mol. The second-order valence-corrected chi connectivity index (χ2v) is 7.19. The highest BCUT2D eigenvalue weighted by molar-refractivity contribution is 7.98. The molecule has 0 saturated carbocycles. The fourth-order valence-corrected chi connectivity index (χ4v) is 3.61. The van der Waals surface area contributed by atoms with Crippen LogP contribution in [0.4, 0.5) is 4.39 Å². The third-order valence-electron chi connectivity index (χ3n) is 4.13. The summed E-state index contributed by atoms with van der Waals surface area (Å²) in [6, 6.07) is 13.9. The van der Waals surface area contributed by atoms with Gasteiger partial charge in [0.15, 0.2) is 0 Å². The lowest BCUT2D eigenvalue weighted by Gasteiger charge is -2.09. The summed E-state index contributed by atoms with van der Waals surface area (Å²) < 4.78 is 14.7. The maximum Gasteiger partial charge on any atom is 0.275 e. The summed E-state index contributed by atoms with van der Waals surface area (Å²) >= 11 is 1.54. The molecule has 0 atom stereocenters. The van der Waals surface area contributed by atoms with Gasteiger partial charge in [-0.1, -0.05) is 36.4 Å². The van der Waals surface area contributed by atoms with Crippen molar-refractivity contribution in [2.75, 3.05) is 12.3 Å². The quantitative estimate of drug-likeness (QED) is 0.635. The maximum absolute atomic E-state index is 13.5. The molecule has 2 aromatic carbocycles. The average Bonchev–Trinajstić information content (AvgIpc) is 2.67. The molecule has 1 amide bonds. The summed E-state index contributed by atoms with van der Waals surface area (Å²) in [4.78, 5) is 24.6. The topological polar surface area (TPSA) is 64.0 Å². The number of amides is 1. The summed E-state index contributed by atoms with van der Waals surface area (Å²) in [5.41, 5.74) is 1.08. The van der Waals surface area contributed by atoms with Crippen molar-refractivity contribution in [3.8, 4) is 0 Å². The minimum absolute atomic E-state index is 0.123. The number of aryl methyl sites for hydroxylation is 1. The number of hydrogen-bond acceptors (Lipinski definition) is 4. The molecule has 0 saturated heterocycles. The van der Waals surface area contributed by atoms with Crippen LogP contribution in [0.3, 0.4) is 0 Å². The number of halogens is 1. The van der Waals surface area contributed by atoms with Crippen LogP contribution in [0.15, 0.2) is 53.3 Å². The smallest absolute Gasteiger partial charge is 0.275 e. The molecular weight excluding hydrogens is 365 g/mol. The van der Waals surface area contributed by atoms with E-state index in [2.05, 4.69) is 10.4 Å². The molecule has 3 aromatic rings. The molecule has 1 heterocycles. The number of aromatic nitrogens is 2. The van der Waals surface area contributed by atoms with Gasteiger partial charge in [-0.25, -0.2) is 9.07 Å². The van der Waals surface area contributed by atoms with Gasteiger partial charge in [-0.05, 0) is 24.6 Å². The van der Waals surface area contributed by atoms with Crippen molar-refractivity contribution >= 4 is 28.4 Å². The molecule has 5 nitrogen and oxygen atoms in total. The highest BCUT2D eigenvalue weighted by atomic mass is 32.2. The molecule has 140 valence electrons. The van der Waals surface area contributed by atoms with Gasteiger partial charge in [0.25, 0.3) is 5.56 Å². The van der Waals surface area contributed by atoms with Crippen LogP contribution in [0.25, 0.3) is 10.8 Å². The number of benzene rings is 2. The molecule has 1 N–H and O–H groups in total. The fraction of sp³-hybridized carbons (Fsp3) is 0.250. The molecular formula is C20H20FN3O2S. The van der Waals surface area contributed by atoms with Crippen LogP contribution in [0.5, 0.6) is 0 Å². The molecule has 0 radical (unpaired) electrons. The zero-order chi connectivity index (χ0) is 19.2. The minimum Gasteiger partial charge on any atom is -0.354 e. The molecule has 0 bridgehead atoms. The van der Waals surface area contributed by atoms with E-state index in [-0.39, 0.29) is 23.8 Å². The number of nitrogens with one attached hydrogen (secondary N) is 1. The zero-order valence-corrected chi connectivity index (χ0v) is 15.8. The van der Waals surface area contributed by atoms with Crippen molar-refractivity contribution in [1.29, 1.82) is 0 Å². The first-order valence-corrected chi connectivity index (χ1v) is 9.76. The Kier molecular flexibility index (Phi) is 6.24. The Morgan fingerprint density at radius 2 is 1.85 bits per heavy atom. The second kappa shape index (κ2) is 8.81. The first kappa shape index (κ1) is 19.1. The Hall–Kier alpha value is -2.67. The van der Waals surface area contributed by atoms with Gasteiger partial charge in [-0.2, -0.15) is 16.9 Å². The Morgan fingerprint density at radius 1 is 1.15 bits per heavy atom. The van der Waals surface area contributed by atoms with Gasteiger partial charge < -0.3 is 5.32 Å². The Balaban J connectivity index is 1.51. The predicted octanol–water partition coefficient (Wildman–Crippen LogP) is 2.89. The number of thioether (sulfide) groups is 1. The normalized spacial score (nSPS) is 10.9. The third kappa shape index (κ3) is 4.74. The van der Waals surface area contributed by atoms with Crippen molar-refractivity contribution in [2.45, 2.75) is 19.2 Å². The number of carbonyl (C=O) groups excluding carboxylic acids is 1. The van der Waals surface area contributed by atoms with Gasteiger partial charge in [0.1, 0.15) is 12.4 Å².